The Kier molecular flexibility index (Phi) is 7.07. The number of nitrogens with two attached hydrogens (primary N) is 1. The monoisotopic (exact) mass is 517 g/mol. The number of anilines is 2. The maximum Gasteiger partial charge on any atom is 0.416 e. The first kappa shape index (κ1) is 26.3. The van der Waals surface area contributed by atoms with Crippen LogP contribution in [0.2, 0.25) is 0 Å². The molecule has 1 aliphatic carbocycles. The number of halogens is 3. The van der Waals surface area contributed by atoms with E-state index in [1.165, 1.54) is 13.2 Å². The van der Waals surface area contributed by atoms with Crippen LogP contribution in [0, 0.1) is 12.3 Å². The minimum absolute atomic E-state index is 0.0249. The zero-order valence-electron chi connectivity index (χ0n) is 21.1. The summed E-state index contributed by atoms with van der Waals surface area (Å²) < 4.78 is 51.7. The Labute approximate surface area is 213 Å². The molecule has 0 aliphatic heterocycles. The van der Waals surface area contributed by atoms with Crippen molar-refractivity contribution in [1.82, 2.24) is 14.9 Å². The van der Waals surface area contributed by atoms with Gasteiger partial charge in [0.05, 0.1) is 30.8 Å². The van der Waals surface area contributed by atoms with E-state index in [1.807, 2.05) is 0 Å². The predicted octanol–water partition coefficient (Wildman–Crippen LogP) is 4.97. The van der Waals surface area contributed by atoms with E-state index in [2.05, 4.69) is 15.3 Å². The van der Waals surface area contributed by atoms with Gasteiger partial charge in [0.2, 0.25) is 6.41 Å². The van der Waals surface area contributed by atoms with E-state index in [0.717, 1.165) is 31.4 Å². The number of amides is 1. The predicted molar refractivity (Wildman–Crippen MR) is 135 cm³/mol. The third-order valence-corrected chi connectivity index (χ3v) is 6.51. The normalized spacial score (nSPS) is 15.2. The lowest BCUT2D eigenvalue weighted by atomic mass is 10.0. The van der Waals surface area contributed by atoms with Crippen molar-refractivity contribution in [2.45, 2.75) is 38.9 Å². The van der Waals surface area contributed by atoms with Crippen molar-refractivity contribution in [3.8, 4) is 11.5 Å². The zero-order valence-corrected chi connectivity index (χ0v) is 21.1. The highest BCUT2D eigenvalue weighted by atomic mass is 19.4. The van der Waals surface area contributed by atoms with Crippen LogP contribution in [-0.4, -0.2) is 48.6 Å². The quantitative estimate of drug-likeness (QED) is 0.289. The van der Waals surface area contributed by atoms with Gasteiger partial charge >= 0.3 is 6.18 Å². The van der Waals surface area contributed by atoms with E-state index in [4.69, 9.17) is 15.2 Å². The number of fused-ring (bicyclic) bond motifs is 1. The number of aryl methyl sites for hydroxylation is 1. The standard InChI is InChI=1S/C26H30F3N5O3/c1-15(17-7-18(26(27,28)29)9-19(30)8-17)31-24-20-10-23(22(36-4)11-21(20)32-16(2)33-24)37-13-25(5-6-25)12-34(3)14-35/h7-11,14-15H,5-6,12-13,30H2,1-4H3,(H,31,32,33)/t15-/m1/s1. The first-order chi connectivity index (χ1) is 17.4. The molecule has 0 unspecified atom stereocenters. The molecule has 1 atom stereocenters. The molecular formula is C26H30F3N5O3. The second-order valence-electron chi connectivity index (χ2n) is 9.70. The minimum Gasteiger partial charge on any atom is -0.493 e. The van der Waals surface area contributed by atoms with Crippen molar-refractivity contribution < 1.29 is 27.4 Å². The van der Waals surface area contributed by atoms with Crippen molar-refractivity contribution in [3.63, 3.8) is 0 Å². The van der Waals surface area contributed by atoms with Gasteiger partial charge in [-0.2, -0.15) is 13.2 Å². The van der Waals surface area contributed by atoms with Crippen LogP contribution in [0.4, 0.5) is 24.7 Å². The molecule has 0 bridgehead atoms. The SMILES string of the molecule is COc1cc2nc(C)nc(N[C@H](C)c3cc(N)cc(C(F)(F)F)c3)c2cc1OCC1(CN(C)C=O)CC1. The van der Waals surface area contributed by atoms with Gasteiger partial charge in [0, 0.05) is 36.1 Å². The van der Waals surface area contributed by atoms with Crippen LogP contribution in [-0.2, 0) is 11.0 Å². The summed E-state index contributed by atoms with van der Waals surface area (Å²) in [6, 6.07) is 6.47. The summed E-state index contributed by atoms with van der Waals surface area (Å²) in [6.45, 7) is 4.47. The molecule has 1 fully saturated rings. The molecule has 1 amide bonds. The Bertz CT molecular complexity index is 1310. The Balaban J connectivity index is 1.65. The number of carbonyl (C=O) groups excluding carboxylic acids is 1. The maximum atomic E-state index is 13.3. The molecule has 8 nitrogen and oxygen atoms in total. The lowest BCUT2D eigenvalue weighted by Crippen LogP contribution is -2.29. The average molecular weight is 518 g/mol. The van der Waals surface area contributed by atoms with E-state index >= 15 is 0 Å². The number of nitrogens with zero attached hydrogens (tertiary/aromatic N) is 3. The highest BCUT2D eigenvalue weighted by Crippen LogP contribution is 2.47. The molecule has 0 spiro atoms. The summed E-state index contributed by atoms with van der Waals surface area (Å²) in [6.07, 6.45) is -1.81. The van der Waals surface area contributed by atoms with Crippen molar-refractivity contribution in [3.05, 3.63) is 47.3 Å². The maximum absolute atomic E-state index is 13.3. The Morgan fingerprint density at radius 3 is 2.54 bits per heavy atom. The van der Waals surface area contributed by atoms with Crippen molar-refractivity contribution in [1.29, 1.82) is 0 Å². The smallest absolute Gasteiger partial charge is 0.416 e. The van der Waals surface area contributed by atoms with E-state index in [1.54, 1.807) is 37.9 Å². The molecule has 1 aromatic heterocycles. The van der Waals surface area contributed by atoms with E-state index in [9.17, 15) is 18.0 Å². The van der Waals surface area contributed by atoms with Gasteiger partial charge in [-0.3, -0.25) is 4.79 Å². The second-order valence-corrected chi connectivity index (χ2v) is 9.70. The summed E-state index contributed by atoms with van der Waals surface area (Å²) in [5, 5.41) is 3.84. The number of benzene rings is 2. The first-order valence-corrected chi connectivity index (χ1v) is 11.8. The molecule has 2 aromatic carbocycles. The molecule has 1 aliphatic rings. The fourth-order valence-corrected chi connectivity index (χ4v) is 4.34. The van der Waals surface area contributed by atoms with Crippen molar-refractivity contribution >= 4 is 28.8 Å². The molecule has 37 heavy (non-hydrogen) atoms. The Hall–Kier alpha value is -3.76. The summed E-state index contributed by atoms with van der Waals surface area (Å²) in [4.78, 5) is 21.7. The third kappa shape index (κ3) is 5.98. The highest BCUT2D eigenvalue weighted by molar-refractivity contribution is 5.92. The van der Waals surface area contributed by atoms with Crippen LogP contribution in [0.25, 0.3) is 10.9 Å². The Morgan fingerprint density at radius 2 is 1.92 bits per heavy atom. The average Bonchev–Trinajstić information content (AvgIpc) is 3.60. The van der Waals surface area contributed by atoms with Gasteiger partial charge in [-0.1, -0.05) is 0 Å². The number of alkyl halides is 3. The van der Waals surface area contributed by atoms with E-state index in [0.29, 0.717) is 52.8 Å². The van der Waals surface area contributed by atoms with Gasteiger partial charge in [-0.25, -0.2) is 9.97 Å². The van der Waals surface area contributed by atoms with Crippen LogP contribution in [0.15, 0.2) is 30.3 Å². The molecule has 1 heterocycles. The fourth-order valence-electron chi connectivity index (χ4n) is 4.34. The third-order valence-electron chi connectivity index (χ3n) is 6.51. The van der Waals surface area contributed by atoms with Gasteiger partial charge in [0.25, 0.3) is 0 Å². The second kappa shape index (κ2) is 9.95. The van der Waals surface area contributed by atoms with E-state index in [-0.39, 0.29) is 11.1 Å². The number of hydrogen-bond acceptors (Lipinski definition) is 7. The number of nitrogens with one attached hydrogen (secondary N) is 1. The van der Waals surface area contributed by atoms with Gasteiger partial charge in [-0.15, -0.1) is 0 Å². The van der Waals surface area contributed by atoms with Crippen LogP contribution in [0.5, 0.6) is 11.5 Å². The number of carbonyl (C=O) groups is 1. The van der Waals surface area contributed by atoms with Gasteiger partial charge in [0.15, 0.2) is 11.5 Å². The molecule has 0 radical (unpaired) electrons. The van der Waals surface area contributed by atoms with Crippen LogP contribution >= 0.6 is 0 Å². The van der Waals surface area contributed by atoms with Gasteiger partial charge in [-0.05, 0) is 56.5 Å². The van der Waals surface area contributed by atoms with Crippen LogP contribution < -0.4 is 20.5 Å². The zero-order chi connectivity index (χ0) is 27.0. The highest BCUT2D eigenvalue weighted by Gasteiger charge is 2.44. The molecule has 11 heteroatoms. The Morgan fingerprint density at radius 1 is 1.19 bits per heavy atom. The number of rotatable bonds is 10. The number of hydrogen-bond donors (Lipinski definition) is 2. The number of nitrogen functional groups attached to an aromatic ring is 1. The van der Waals surface area contributed by atoms with Crippen LogP contribution in [0.1, 0.15) is 42.8 Å². The molecule has 1 saturated carbocycles. The molecule has 0 saturated heterocycles. The molecule has 3 aromatic rings. The van der Waals surface area contributed by atoms with Gasteiger partial charge < -0.3 is 25.4 Å². The number of aromatic nitrogens is 2. The number of methoxy groups -OCH3 is 1. The summed E-state index contributed by atoms with van der Waals surface area (Å²) in [5.74, 6) is 1.91. The number of ether oxygens (including phenoxy) is 2. The van der Waals surface area contributed by atoms with Crippen molar-refractivity contribution in [2.75, 3.05) is 38.4 Å². The molecular weight excluding hydrogens is 487 g/mol. The first-order valence-electron chi connectivity index (χ1n) is 11.8. The summed E-state index contributed by atoms with van der Waals surface area (Å²) >= 11 is 0. The molecule has 198 valence electrons. The molecule has 4 rings (SSSR count). The van der Waals surface area contributed by atoms with E-state index < -0.39 is 17.8 Å². The van der Waals surface area contributed by atoms with Crippen molar-refractivity contribution in [2.24, 2.45) is 5.41 Å². The summed E-state index contributed by atoms with van der Waals surface area (Å²) in [7, 11) is 3.27. The lowest BCUT2D eigenvalue weighted by Gasteiger charge is -2.22. The lowest BCUT2D eigenvalue weighted by molar-refractivity contribution is -0.137. The fraction of sp³-hybridized carbons (Fsp3) is 0.423. The van der Waals surface area contributed by atoms with Crippen LogP contribution in [0.3, 0.4) is 0 Å². The molecule has 3 N–H and O–H groups in total. The summed E-state index contributed by atoms with van der Waals surface area (Å²) in [5.41, 5.74) is 5.84. The van der Waals surface area contributed by atoms with Gasteiger partial charge in [0.1, 0.15) is 11.6 Å². The minimum atomic E-state index is -4.51. The largest absolute Gasteiger partial charge is 0.493 e. The topological polar surface area (TPSA) is 103 Å².